The molecule has 2 fully saturated rings. The van der Waals surface area contributed by atoms with Gasteiger partial charge in [0, 0.05) is 39.8 Å². The number of amides is 4. The van der Waals surface area contributed by atoms with E-state index in [9.17, 15) is 116 Å². The van der Waals surface area contributed by atoms with Crippen LogP contribution in [0.3, 0.4) is 0 Å². The number of halogens is 26. The van der Waals surface area contributed by atoms with Gasteiger partial charge in [-0.25, -0.2) is 17.6 Å². The van der Waals surface area contributed by atoms with Gasteiger partial charge >= 0.3 is 54.6 Å². The molecule has 4 amide bonds. The van der Waals surface area contributed by atoms with Crippen LogP contribution in [0.1, 0.15) is 100.0 Å². The van der Waals surface area contributed by atoms with Crippen molar-refractivity contribution in [3.63, 3.8) is 0 Å². The molecular weight excluding hydrogens is 1360 g/mol. The Morgan fingerprint density at radius 1 is 0.451 bits per heavy atom. The molecule has 0 bridgehead atoms. The van der Waals surface area contributed by atoms with Gasteiger partial charge in [-0.2, -0.15) is 92.2 Å². The molecule has 91 heavy (non-hydrogen) atoms. The molecular formula is C57H34BrF25N4O4. The van der Waals surface area contributed by atoms with Crippen molar-refractivity contribution in [1.82, 2.24) is 0 Å². The maximum absolute atomic E-state index is 17.3. The van der Waals surface area contributed by atoms with Crippen molar-refractivity contribution in [2.24, 2.45) is 11.8 Å². The summed E-state index contributed by atoms with van der Waals surface area (Å²) in [6.45, 7) is -1.25. The highest BCUT2D eigenvalue weighted by atomic mass is 79.9. The van der Waals surface area contributed by atoms with E-state index in [1.165, 1.54) is 22.8 Å². The predicted molar refractivity (Wildman–Crippen MR) is 274 cm³/mol. The van der Waals surface area contributed by atoms with Crippen LogP contribution in [0.15, 0.2) is 120 Å². The van der Waals surface area contributed by atoms with E-state index in [0.29, 0.717) is 63.5 Å². The number of alkyl halides is 23. The highest BCUT2D eigenvalue weighted by Crippen LogP contribution is 2.57. The maximum Gasteiger partial charge on any atom is 0.435 e. The number of nitrogens with one attached hydrogen (secondary N) is 2. The Morgan fingerprint density at radius 3 is 1.27 bits per heavy atom. The van der Waals surface area contributed by atoms with Crippen molar-refractivity contribution in [1.29, 1.82) is 0 Å². The van der Waals surface area contributed by atoms with Crippen LogP contribution in [0.5, 0.6) is 0 Å². The van der Waals surface area contributed by atoms with Gasteiger partial charge in [-0.05, 0) is 140 Å². The highest BCUT2D eigenvalue weighted by Gasteiger charge is 2.75. The summed E-state index contributed by atoms with van der Waals surface area (Å²) in [5.74, 6) is -12.7. The Hall–Kier alpha value is -8.07. The average Bonchev–Trinajstić information content (AvgIpc) is 1.74. The fourth-order valence-corrected chi connectivity index (χ4v) is 9.87. The lowest BCUT2D eigenvalue weighted by Gasteiger charge is -2.31. The smallest absolute Gasteiger partial charge is 0.321 e. The summed E-state index contributed by atoms with van der Waals surface area (Å²) < 4.78 is 355. The van der Waals surface area contributed by atoms with Crippen LogP contribution in [-0.4, -0.2) is 61.4 Å². The van der Waals surface area contributed by atoms with Crippen molar-refractivity contribution in [2.45, 2.75) is 79.8 Å². The van der Waals surface area contributed by atoms with Crippen LogP contribution in [0.25, 0.3) is 0 Å². The minimum absolute atomic E-state index is 0.192. The normalized spacial score (nSPS) is 16.1. The van der Waals surface area contributed by atoms with Crippen molar-refractivity contribution in [3.8, 4) is 0 Å². The average molecular weight is 1390 g/mol. The largest absolute Gasteiger partial charge is 0.435 e. The highest BCUT2D eigenvalue weighted by molar-refractivity contribution is 9.10. The third kappa shape index (κ3) is 13.8. The molecule has 8 nitrogen and oxygen atoms in total. The summed E-state index contributed by atoms with van der Waals surface area (Å²) >= 11 is 3.13. The van der Waals surface area contributed by atoms with Gasteiger partial charge in [-0.1, -0.05) is 34.1 Å². The van der Waals surface area contributed by atoms with Gasteiger partial charge in [0.1, 0.15) is 0 Å². The molecule has 2 unspecified atom stereocenters. The Bertz CT molecular complexity index is 3770. The minimum atomic E-state index is -6.94. The van der Waals surface area contributed by atoms with Crippen molar-refractivity contribution >= 4 is 62.3 Å². The zero-order valence-electron chi connectivity index (χ0n) is 44.6. The summed E-state index contributed by atoms with van der Waals surface area (Å²) in [5, 5.41) is 2.99. The van der Waals surface area contributed by atoms with Gasteiger partial charge in [0.15, 0.2) is 11.6 Å². The third-order valence-electron chi connectivity index (χ3n) is 14.6. The molecule has 2 aliphatic carbocycles. The van der Waals surface area contributed by atoms with Gasteiger partial charge < -0.3 is 20.4 Å². The molecule has 6 aromatic carbocycles. The quantitative estimate of drug-likeness (QED) is 0.100. The maximum atomic E-state index is 17.3. The standard InChI is InChI=1S/C57H34BrF25N4O4/c58-33-14-8-27(9-15-33)48(91)87(41-3-1-2-34(43(41)59)45(88)84-39-16-12-31(21-37(39)52(66,67)68)49(61,54(72,73)74)55(75,76)77)24-29-19-35(29)28-18-36(44(60)42(20-28)86(23-25-4-5-25)47(90)26-6-10-30(11-7-26)51(63,64)65)46(89)85-40-17-13-32(22-38(40)53(69,70)71)50(62,56(78,79)80)57(81,82)83/h1-3,6-18,20-22,25,29,35H,4-5,19,23-24H2,(H,84,88)(H,85,89). The molecule has 0 radical (unpaired) electrons. The van der Waals surface area contributed by atoms with E-state index in [-0.39, 0.29) is 29.7 Å². The number of hydrogen-bond donors (Lipinski definition) is 2. The zero-order valence-corrected chi connectivity index (χ0v) is 46.2. The van der Waals surface area contributed by atoms with Crippen LogP contribution < -0.4 is 20.4 Å². The molecule has 2 saturated carbocycles. The van der Waals surface area contributed by atoms with Gasteiger partial charge in [-0.15, -0.1) is 0 Å². The van der Waals surface area contributed by atoms with E-state index in [0.717, 1.165) is 30.3 Å². The van der Waals surface area contributed by atoms with Gasteiger partial charge in [0.2, 0.25) is 0 Å². The molecule has 0 aliphatic heterocycles. The number of hydrogen-bond acceptors (Lipinski definition) is 4. The summed E-state index contributed by atoms with van der Waals surface area (Å²) in [7, 11) is 0. The Morgan fingerprint density at radius 2 is 0.857 bits per heavy atom. The number of rotatable bonds is 15. The molecule has 0 spiro atoms. The van der Waals surface area contributed by atoms with E-state index in [2.05, 4.69) is 15.9 Å². The van der Waals surface area contributed by atoms with Crippen LogP contribution in [-0.2, 0) is 29.9 Å². The van der Waals surface area contributed by atoms with E-state index in [4.69, 9.17) is 0 Å². The molecule has 2 aliphatic rings. The Labute approximate surface area is 502 Å². The fourth-order valence-electron chi connectivity index (χ4n) is 9.61. The van der Waals surface area contributed by atoms with E-state index >= 15 is 13.2 Å². The first-order chi connectivity index (χ1) is 41.7. The summed E-state index contributed by atoms with van der Waals surface area (Å²) in [6, 6.07) is 7.83. The molecule has 2 N–H and O–H groups in total. The Kier molecular flexibility index (Phi) is 18.1. The molecule has 488 valence electrons. The fraction of sp³-hybridized carbons (Fsp3) is 0.298. The van der Waals surface area contributed by atoms with E-state index in [1.54, 1.807) is 0 Å². The zero-order chi connectivity index (χ0) is 67.9. The molecule has 6 aromatic rings. The number of carbonyl (C=O) groups is 4. The molecule has 2 atom stereocenters. The number of anilines is 4. The predicted octanol–water partition coefficient (Wildman–Crippen LogP) is 18.4. The van der Waals surface area contributed by atoms with Crippen LogP contribution >= 0.6 is 15.9 Å². The molecule has 0 heterocycles. The lowest BCUT2D eigenvalue weighted by atomic mass is 9.92. The summed E-state index contributed by atoms with van der Waals surface area (Å²) in [6.07, 6.45) is -44.2. The SMILES string of the molecule is O=C(Nc1ccc(C(F)(C(F)(F)F)C(F)(F)F)cc1C(F)(F)F)c1cc(C2CC2CN(C(=O)c2ccc(Br)cc2)c2cccc(C(=O)Nc3ccc(C(F)(C(F)(F)F)C(F)(F)F)cc3C(F)(F)F)c2F)cc(N(CC2CC2)C(=O)c2ccc(C(F)(F)F)cc2)c1F. The van der Waals surface area contributed by atoms with Gasteiger partial charge in [0.25, 0.3) is 23.6 Å². The monoisotopic (exact) mass is 1390 g/mol. The molecule has 0 aromatic heterocycles. The van der Waals surface area contributed by atoms with Crippen LogP contribution in [0, 0.1) is 23.5 Å². The first-order valence-corrected chi connectivity index (χ1v) is 26.4. The first-order valence-electron chi connectivity index (χ1n) is 25.6. The van der Waals surface area contributed by atoms with Crippen molar-refractivity contribution in [2.75, 3.05) is 33.5 Å². The lowest BCUT2D eigenvalue weighted by molar-refractivity contribution is -0.349. The number of nitrogens with zero attached hydrogens (tertiary/aromatic N) is 2. The van der Waals surface area contributed by atoms with Crippen LogP contribution in [0.4, 0.5) is 133 Å². The van der Waals surface area contributed by atoms with E-state index in [1.807, 2.05) is 0 Å². The minimum Gasteiger partial charge on any atom is -0.321 e. The Balaban J connectivity index is 1.21. The van der Waals surface area contributed by atoms with Crippen LogP contribution in [0.2, 0.25) is 0 Å². The molecule has 34 heteroatoms. The summed E-state index contributed by atoms with van der Waals surface area (Å²) in [4.78, 5) is 57.9. The lowest BCUT2D eigenvalue weighted by Crippen LogP contribution is -2.50. The van der Waals surface area contributed by atoms with E-state index < -0.39 is 212 Å². The molecule has 0 saturated heterocycles. The first kappa shape index (κ1) is 68.8. The van der Waals surface area contributed by atoms with Crippen molar-refractivity contribution < 1.29 is 129 Å². The topological polar surface area (TPSA) is 98.8 Å². The van der Waals surface area contributed by atoms with Crippen molar-refractivity contribution in [3.05, 3.63) is 187 Å². The number of benzene rings is 6. The second-order valence-corrected chi connectivity index (χ2v) is 21.6. The molecule has 8 rings (SSSR count). The second-order valence-electron chi connectivity index (χ2n) is 20.7. The summed E-state index contributed by atoms with van der Waals surface area (Å²) in [5.41, 5.74) is -33.4. The third-order valence-corrected chi connectivity index (χ3v) is 15.1. The van der Waals surface area contributed by atoms with Gasteiger partial charge in [0.05, 0.1) is 50.6 Å². The second kappa shape index (κ2) is 23.9. The van der Waals surface area contributed by atoms with Gasteiger partial charge in [-0.3, -0.25) is 19.2 Å². The number of carbonyl (C=O) groups excluding carboxylic acids is 4.